The van der Waals surface area contributed by atoms with Gasteiger partial charge in [0.1, 0.15) is 30.3 Å². The van der Waals surface area contributed by atoms with Gasteiger partial charge in [-0.25, -0.2) is 9.37 Å². The van der Waals surface area contributed by atoms with Gasteiger partial charge in [-0.1, -0.05) is 15.9 Å². The van der Waals surface area contributed by atoms with Gasteiger partial charge in [0, 0.05) is 92.3 Å². The number of rotatable bonds is 8. The molecule has 11 heteroatoms. The Hall–Kier alpha value is -6.20. The van der Waals surface area contributed by atoms with E-state index < -0.39 is 5.97 Å². The highest BCUT2D eigenvalue weighted by Crippen LogP contribution is 2.49. The van der Waals surface area contributed by atoms with Crippen LogP contribution in [0.5, 0.6) is 17.2 Å². The number of fused-ring (bicyclic) bond motifs is 5. The van der Waals surface area contributed by atoms with Gasteiger partial charge in [-0.05, 0) is 141 Å². The van der Waals surface area contributed by atoms with Crippen LogP contribution in [0.15, 0.2) is 77.3 Å². The first-order chi connectivity index (χ1) is 30.7. The number of aromatic carboxylic acids is 1. The zero-order valence-electron chi connectivity index (χ0n) is 35.5. The fourth-order valence-electron chi connectivity index (χ4n) is 11.2. The van der Waals surface area contributed by atoms with Crippen molar-refractivity contribution in [2.45, 2.75) is 64.7 Å². The third-order valence-corrected chi connectivity index (χ3v) is 14.5. The number of methoxy groups -OCH3 is 1. The number of carboxylic acid groups (broad SMARTS) is 1. The van der Waals surface area contributed by atoms with E-state index >= 15 is 0 Å². The highest BCUT2D eigenvalue weighted by atomic mass is 79.9. The predicted octanol–water partition coefficient (Wildman–Crippen LogP) is 7.52. The summed E-state index contributed by atoms with van der Waals surface area (Å²) < 4.78 is 17.9. The first-order valence-electron chi connectivity index (χ1n) is 22.3. The van der Waals surface area contributed by atoms with Crippen molar-refractivity contribution in [2.24, 2.45) is 0 Å². The molecule has 0 atom stereocenters. The Morgan fingerprint density at radius 2 is 1.57 bits per heavy atom. The van der Waals surface area contributed by atoms with Crippen LogP contribution in [0.1, 0.15) is 101 Å². The largest absolute Gasteiger partial charge is 0.497 e. The van der Waals surface area contributed by atoms with Crippen LogP contribution in [0.4, 0.5) is 5.69 Å². The Bertz CT molecular complexity index is 3110. The molecule has 10 nitrogen and oxygen atoms in total. The predicted molar refractivity (Wildman–Crippen MR) is 247 cm³/mol. The second-order valence-electron chi connectivity index (χ2n) is 17.5. The van der Waals surface area contributed by atoms with Crippen LogP contribution in [-0.2, 0) is 32.1 Å². The fraction of sp³-hybridized carbons (Fsp3) is 0.308. The van der Waals surface area contributed by atoms with E-state index in [1.165, 1.54) is 33.3 Å². The van der Waals surface area contributed by atoms with Crippen LogP contribution in [0.2, 0.25) is 0 Å². The Kier molecular flexibility index (Phi) is 9.78. The molecule has 5 aliphatic heterocycles. The van der Waals surface area contributed by atoms with E-state index in [1.54, 1.807) is 42.0 Å². The summed E-state index contributed by atoms with van der Waals surface area (Å²) in [5, 5.41) is 17.1. The van der Waals surface area contributed by atoms with Crippen molar-refractivity contribution in [3.05, 3.63) is 149 Å². The van der Waals surface area contributed by atoms with Gasteiger partial charge in [-0.15, -0.1) is 0 Å². The molecule has 0 saturated heterocycles. The van der Waals surface area contributed by atoms with E-state index in [2.05, 4.69) is 42.9 Å². The maximum atomic E-state index is 14.3. The van der Waals surface area contributed by atoms with Gasteiger partial charge in [0.2, 0.25) is 5.36 Å². The molecule has 11 rings (SSSR count). The summed E-state index contributed by atoms with van der Waals surface area (Å²) in [6.07, 6.45) is 8.35. The first-order valence-corrected chi connectivity index (χ1v) is 23.0. The lowest BCUT2D eigenvalue weighted by Gasteiger charge is -2.39. The molecular weight excluding hydrogens is 856 g/mol. The highest BCUT2D eigenvalue weighted by molar-refractivity contribution is 9.10. The quantitative estimate of drug-likeness (QED) is 0.152. The number of halogens is 1. The second kappa shape index (κ2) is 15.6. The summed E-state index contributed by atoms with van der Waals surface area (Å²) in [7, 11) is 1.62. The number of nitrogens with one attached hydrogen (secondary N) is 1. The minimum atomic E-state index is -1.05. The maximum Gasteiger partial charge on any atom is 0.336 e. The average Bonchev–Trinajstić information content (AvgIpc) is 3.58. The van der Waals surface area contributed by atoms with E-state index in [0.717, 1.165) is 132 Å². The number of ether oxygens (including phenoxy) is 2. The Morgan fingerprint density at radius 1 is 0.825 bits per heavy atom. The Labute approximate surface area is 373 Å². The van der Waals surface area contributed by atoms with E-state index in [1.807, 2.05) is 37.3 Å². The molecule has 5 aromatic carbocycles. The van der Waals surface area contributed by atoms with E-state index in [9.17, 15) is 19.5 Å². The first kappa shape index (κ1) is 39.6. The van der Waals surface area contributed by atoms with Crippen molar-refractivity contribution >= 4 is 55.9 Å². The van der Waals surface area contributed by atoms with Crippen molar-refractivity contribution in [3.8, 4) is 17.2 Å². The molecule has 0 fully saturated rings. The van der Waals surface area contributed by atoms with E-state index in [4.69, 9.17) is 9.47 Å². The van der Waals surface area contributed by atoms with Gasteiger partial charge in [0.15, 0.2) is 0 Å². The smallest absolute Gasteiger partial charge is 0.336 e. The van der Waals surface area contributed by atoms with Crippen LogP contribution in [-0.4, -0.2) is 67.3 Å². The number of carbonyl (C=O) groups excluding carboxylic acids is 2. The number of benzene rings is 5. The van der Waals surface area contributed by atoms with Crippen LogP contribution < -0.4 is 34.8 Å². The number of aryl methyl sites for hydroxylation is 2. The molecule has 0 saturated carbocycles. The number of carbonyl (C=O) groups is 3. The minimum Gasteiger partial charge on any atom is -0.497 e. The molecule has 0 unspecified atom stereocenters. The molecule has 1 amide bonds. The van der Waals surface area contributed by atoms with Gasteiger partial charge in [-0.2, -0.15) is 0 Å². The molecule has 318 valence electrons. The molecule has 5 aliphatic rings. The monoisotopic (exact) mass is 903 g/mol. The van der Waals surface area contributed by atoms with Gasteiger partial charge in [-0.3, -0.25) is 14.2 Å². The van der Waals surface area contributed by atoms with E-state index in [-0.39, 0.29) is 23.9 Å². The molecular formula is C52H48BrN4O6+. The molecule has 0 bridgehead atoms. The van der Waals surface area contributed by atoms with Crippen LogP contribution in [0, 0.1) is 6.92 Å². The van der Waals surface area contributed by atoms with Crippen LogP contribution in [0.25, 0.3) is 16.5 Å². The van der Waals surface area contributed by atoms with Crippen molar-refractivity contribution in [1.82, 2.24) is 14.5 Å². The number of anilines is 1. The summed E-state index contributed by atoms with van der Waals surface area (Å²) in [4.78, 5) is 44.0. The normalized spacial score (nSPS) is 15.8. The molecule has 0 radical (unpaired) electrons. The lowest BCUT2D eigenvalue weighted by molar-refractivity contribution is 0.0695. The van der Waals surface area contributed by atoms with Gasteiger partial charge in [0.05, 0.1) is 23.8 Å². The minimum absolute atomic E-state index is 0.144. The summed E-state index contributed by atoms with van der Waals surface area (Å²) in [5.74, 6) is 0.846. The summed E-state index contributed by atoms with van der Waals surface area (Å²) >= 11 is 3.47. The topological polar surface area (TPSA) is 113 Å². The fourth-order valence-corrected chi connectivity index (χ4v) is 11.4. The molecule has 63 heavy (non-hydrogen) atoms. The Balaban J connectivity index is 1.01. The SMILES string of the molecule is COc1ccc2c(c1)c(CCNC(=O)c1ccc(C(=O)O)c(C3=c4cc5c6c(c4Oc4c3cc3c7c4CCCN7CCC3)CCC[N+]=6CCC5)c1)c(C)n2C(=O)c1ccc(Br)cc1. The number of aromatic nitrogens is 1. The number of carboxylic acids is 1. The van der Waals surface area contributed by atoms with Crippen molar-refractivity contribution in [1.29, 1.82) is 0 Å². The van der Waals surface area contributed by atoms with E-state index in [0.29, 0.717) is 28.9 Å². The number of hydrogen-bond donors (Lipinski definition) is 2. The highest BCUT2D eigenvalue weighted by Gasteiger charge is 2.37. The average molecular weight is 905 g/mol. The lowest BCUT2D eigenvalue weighted by Crippen LogP contribution is -2.45. The Morgan fingerprint density at radius 3 is 2.37 bits per heavy atom. The molecule has 0 aliphatic carbocycles. The molecule has 0 spiro atoms. The molecule has 6 aromatic rings. The van der Waals surface area contributed by atoms with Crippen molar-refractivity contribution in [2.75, 3.05) is 44.7 Å². The van der Waals surface area contributed by atoms with Crippen LogP contribution >= 0.6 is 15.9 Å². The zero-order valence-corrected chi connectivity index (χ0v) is 37.1. The number of amides is 1. The van der Waals surface area contributed by atoms with Gasteiger partial charge >= 0.3 is 5.97 Å². The summed E-state index contributed by atoms with van der Waals surface area (Å²) in [6.45, 7) is 6.33. The van der Waals surface area contributed by atoms with Crippen LogP contribution in [0.3, 0.4) is 0 Å². The maximum absolute atomic E-state index is 14.3. The number of hydrogen-bond acceptors (Lipinski definition) is 6. The molecule has 1 aromatic heterocycles. The summed E-state index contributed by atoms with van der Waals surface area (Å²) in [5.41, 5.74) is 12.1. The molecule has 6 heterocycles. The second-order valence-corrected chi connectivity index (χ2v) is 18.4. The van der Waals surface area contributed by atoms with Crippen molar-refractivity contribution < 1.29 is 29.0 Å². The third-order valence-electron chi connectivity index (χ3n) is 14.0. The summed E-state index contributed by atoms with van der Waals surface area (Å²) in [6, 6.07) is 22.5. The third kappa shape index (κ3) is 6.49. The molecule has 2 N–H and O–H groups in total. The van der Waals surface area contributed by atoms with Crippen molar-refractivity contribution in [3.63, 3.8) is 0 Å². The standard InChI is InChI=1S/C52H47BrN4O6/c1-29-36(40-28-35(62-2)16-18-44(40)57(29)51(59)30-11-14-34(53)15-12-30)19-20-54-50(58)33-13-17-37(52(60)61)41(27-33)45-42-25-31-7-3-21-55-23-5-9-38(46(31)55)48(42)63-49-39-10-6-24-56-22-4-8-32(47(39)56)26-43(45)49/h11-18,25-28H,3-10,19-24H2,1-2H3,(H-,54,58,60,61)/p+1. The number of nitrogens with zero attached hydrogens (tertiary/aromatic N) is 3. The lowest BCUT2D eigenvalue weighted by atomic mass is 9.81. The van der Waals surface area contributed by atoms with Gasteiger partial charge in [0.25, 0.3) is 11.8 Å². The zero-order chi connectivity index (χ0) is 43.1. The van der Waals surface area contributed by atoms with Gasteiger partial charge < -0.3 is 24.8 Å².